The first-order chi connectivity index (χ1) is 6.81. The molecule has 1 fully saturated rings. The molecule has 2 nitrogen and oxygen atoms in total. The van der Waals surface area contributed by atoms with Gasteiger partial charge in [-0.25, -0.2) is 0 Å². The van der Waals surface area contributed by atoms with Gasteiger partial charge in [0.25, 0.3) is 0 Å². The molecule has 2 rings (SSSR count). The highest BCUT2D eigenvalue weighted by atomic mass is 35.5. The van der Waals surface area contributed by atoms with Crippen LogP contribution in [0.15, 0.2) is 24.3 Å². The van der Waals surface area contributed by atoms with Crippen LogP contribution in [0.25, 0.3) is 0 Å². The number of halogens is 1. The maximum Gasteiger partial charge on any atom is 0.0409 e. The number of nitrogens with two attached hydrogens (primary N) is 1. The summed E-state index contributed by atoms with van der Waals surface area (Å²) >= 11 is 5.96. The number of nitrogens with one attached hydrogen (secondary N) is 1. The van der Waals surface area contributed by atoms with Crippen molar-refractivity contribution < 1.29 is 0 Å². The fourth-order valence-corrected chi connectivity index (χ4v) is 2.30. The second-order valence-electron chi connectivity index (χ2n) is 3.77. The number of hydrogen-bond acceptors (Lipinski definition) is 2. The molecule has 0 aromatic heterocycles. The van der Waals surface area contributed by atoms with Gasteiger partial charge in [0.15, 0.2) is 0 Å². The summed E-state index contributed by atoms with van der Waals surface area (Å²) in [5.41, 5.74) is 6.98. The SMILES string of the molecule is NCC1CCNC1c1cccc(Cl)c1. The Bertz CT molecular complexity index is 314. The van der Waals surface area contributed by atoms with E-state index in [2.05, 4.69) is 11.4 Å². The Balaban J connectivity index is 2.21. The van der Waals surface area contributed by atoms with Crippen molar-refractivity contribution in [1.82, 2.24) is 5.32 Å². The third-order valence-corrected chi connectivity index (χ3v) is 3.10. The molecule has 3 N–H and O–H groups in total. The lowest BCUT2D eigenvalue weighted by atomic mass is 9.94. The minimum atomic E-state index is 0.388. The van der Waals surface area contributed by atoms with Crippen molar-refractivity contribution in [1.29, 1.82) is 0 Å². The topological polar surface area (TPSA) is 38.0 Å². The van der Waals surface area contributed by atoms with Crippen molar-refractivity contribution in [3.8, 4) is 0 Å². The third-order valence-electron chi connectivity index (χ3n) is 2.86. The van der Waals surface area contributed by atoms with Crippen molar-refractivity contribution >= 4 is 11.6 Å². The number of rotatable bonds is 2. The molecule has 0 bridgehead atoms. The monoisotopic (exact) mass is 210 g/mol. The Morgan fingerprint density at radius 1 is 1.50 bits per heavy atom. The van der Waals surface area contributed by atoms with Gasteiger partial charge in [-0.2, -0.15) is 0 Å². The van der Waals surface area contributed by atoms with Crippen molar-refractivity contribution in [2.45, 2.75) is 12.5 Å². The van der Waals surface area contributed by atoms with E-state index in [-0.39, 0.29) is 0 Å². The van der Waals surface area contributed by atoms with Crippen LogP contribution in [0, 0.1) is 5.92 Å². The van der Waals surface area contributed by atoms with Crippen molar-refractivity contribution in [2.75, 3.05) is 13.1 Å². The van der Waals surface area contributed by atoms with Gasteiger partial charge in [0.05, 0.1) is 0 Å². The van der Waals surface area contributed by atoms with E-state index in [1.165, 1.54) is 5.56 Å². The first-order valence-corrected chi connectivity index (χ1v) is 5.38. The Kier molecular flexibility index (Phi) is 3.06. The molecule has 1 aliphatic rings. The first-order valence-electron chi connectivity index (χ1n) is 5.00. The average Bonchev–Trinajstić information content (AvgIpc) is 2.65. The van der Waals surface area contributed by atoms with E-state index in [1.54, 1.807) is 0 Å². The van der Waals surface area contributed by atoms with E-state index in [1.807, 2.05) is 18.2 Å². The van der Waals surface area contributed by atoms with Gasteiger partial charge in [0.1, 0.15) is 0 Å². The second kappa shape index (κ2) is 4.30. The van der Waals surface area contributed by atoms with E-state index in [0.717, 1.165) is 24.5 Å². The van der Waals surface area contributed by atoms with Gasteiger partial charge in [-0.1, -0.05) is 23.7 Å². The highest BCUT2D eigenvalue weighted by Gasteiger charge is 2.26. The Labute approximate surface area is 89.4 Å². The summed E-state index contributed by atoms with van der Waals surface area (Å²) in [5.74, 6) is 0.550. The Morgan fingerprint density at radius 3 is 3.07 bits per heavy atom. The lowest BCUT2D eigenvalue weighted by Crippen LogP contribution is -2.23. The molecule has 1 aliphatic heterocycles. The molecule has 1 aromatic rings. The van der Waals surface area contributed by atoms with Crippen LogP contribution in [0.3, 0.4) is 0 Å². The summed E-state index contributed by atoms with van der Waals surface area (Å²) < 4.78 is 0. The van der Waals surface area contributed by atoms with Crippen LogP contribution >= 0.6 is 11.6 Å². The van der Waals surface area contributed by atoms with Crippen LogP contribution in [0.1, 0.15) is 18.0 Å². The van der Waals surface area contributed by atoms with Gasteiger partial charge in [-0.3, -0.25) is 0 Å². The normalized spacial score (nSPS) is 26.7. The van der Waals surface area contributed by atoms with Crippen LogP contribution in [0.5, 0.6) is 0 Å². The van der Waals surface area contributed by atoms with Crippen LogP contribution in [0.2, 0.25) is 5.02 Å². The van der Waals surface area contributed by atoms with E-state index in [9.17, 15) is 0 Å². The van der Waals surface area contributed by atoms with Crippen LogP contribution < -0.4 is 11.1 Å². The van der Waals surface area contributed by atoms with E-state index in [4.69, 9.17) is 17.3 Å². The van der Waals surface area contributed by atoms with Gasteiger partial charge in [-0.05, 0) is 43.1 Å². The van der Waals surface area contributed by atoms with Crippen molar-refractivity contribution in [2.24, 2.45) is 11.7 Å². The molecule has 0 spiro atoms. The van der Waals surface area contributed by atoms with E-state index >= 15 is 0 Å². The van der Waals surface area contributed by atoms with Crippen molar-refractivity contribution in [3.05, 3.63) is 34.9 Å². The second-order valence-corrected chi connectivity index (χ2v) is 4.21. The molecule has 2 atom stereocenters. The highest BCUT2D eigenvalue weighted by molar-refractivity contribution is 6.30. The predicted molar refractivity (Wildman–Crippen MR) is 59.4 cm³/mol. The lowest BCUT2D eigenvalue weighted by molar-refractivity contribution is 0.473. The Hall–Kier alpha value is -0.570. The summed E-state index contributed by atoms with van der Waals surface area (Å²) in [7, 11) is 0. The minimum absolute atomic E-state index is 0.388. The summed E-state index contributed by atoms with van der Waals surface area (Å²) in [6, 6.07) is 8.41. The van der Waals surface area contributed by atoms with Crippen LogP contribution in [-0.4, -0.2) is 13.1 Å². The van der Waals surface area contributed by atoms with Crippen LogP contribution in [-0.2, 0) is 0 Å². The lowest BCUT2D eigenvalue weighted by Gasteiger charge is -2.18. The van der Waals surface area contributed by atoms with Crippen LogP contribution in [0.4, 0.5) is 0 Å². The molecule has 3 heteroatoms. The van der Waals surface area contributed by atoms with E-state index < -0.39 is 0 Å². The smallest absolute Gasteiger partial charge is 0.0409 e. The molecule has 0 radical (unpaired) electrons. The molecule has 0 aliphatic carbocycles. The zero-order valence-corrected chi connectivity index (χ0v) is 8.80. The molecule has 2 unspecified atom stereocenters. The molecular weight excluding hydrogens is 196 g/mol. The average molecular weight is 211 g/mol. The number of benzene rings is 1. The summed E-state index contributed by atoms with van der Waals surface area (Å²) in [5, 5.41) is 4.26. The van der Waals surface area contributed by atoms with Gasteiger partial charge in [-0.15, -0.1) is 0 Å². The maximum atomic E-state index is 5.96. The largest absolute Gasteiger partial charge is 0.330 e. The maximum absolute atomic E-state index is 5.96. The van der Waals surface area contributed by atoms with Crippen molar-refractivity contribution in [3.63, 3.8) is 0 Å². The summed E-state index contributed by atoms with van der Waals surface area (Å²) in [4.78, 5) is 0. The standard InChI is InChI=1S/C11H15ClN2/c12-10-3-1-2-8(6-10)11-9(7-13)4-5-14-11/h1-3,6,9,11,14H,4-5,7,13H2. The highest BCUT2D eigenvalue weighted by Crippen LogP contribution is 2.29. The molecule has 0 saturated carbocycles. The third kappa shape index (κ3) is 1.92. The number of hydrogen-bond donors (Lipinski definition) is 2. The molecule has 1 saturated heterocycles. The van der Waals surface area contributed by atoms with E-state index in [0.29, 0.717) is 12.0 Å². The zero-order valence-electron chi connectivity index (χ0n) is 8.04. The van der Waals surface area contributed by atoms with Gasteiger partial charge in [0, 0.05) is 11.1 Å². The van der Waals surface area contributed by atoms with Gasteiger partial charge >= 0.3 is 0 Å². The fourth-order valence-electron chi connectivity index (χ4n) is 2.10. The fraction of sp³-hybridized carbons (Fsp3) is 0.455. The molecule has 14 heavy (non-hydrogen) atoms. The molecule has 1 heterocycles. The first kappa shape index (κ1) is 9.97. The predicted octanol–water partition coefficient (Wildman–Crippen LogP) is 1.95. The quantitative estimate of drug-likeness (QED) is 0.783. The van der Waals surface area contributed by atoms with Gasteiger partial charge < -0.3 is 11.1 Å². The summed E-state index contributed by atoms with van der Waals surface area (Å²) in [6.07, 6.45) is 1.16. The minimum Gasteiger partial charge on any atom is -0.330 e. The molecular formula is C11H15ClN2. The zero-order chi connectivity index (χ0) is 9.97. The molecule has 0 amide bonds. The molecule has 76 valence electrons. The molecule has 1 aromatic carbocycles. The Morgan fingerprint density at radius 2 is 2.36 bits per heavy atom. The summed E-state index contributed by atoms with van der Waals surface area (Å²) in [6.45, 7) is 1.79. The van der Waals surface area contributed by atoms with Gasteiger partial charge in [0.2, 0.25) is 0 Å².